The molecule has 0 aliphatic heterocycles. The smallest absolute Gasteiger partial charge is 0.261 e. The predicted molar refractivity (Wildman–Crippen MR) is 93.4 cm³/mol. The first-order valence-electron chi connectivity index (χ1n) is 7.06. The van der Waals surface area contributed by atoms with Crippen molar-refractivity contribution in [1.29, 1.82) is 0 Å². The molecule has 0 bridgehead atoms. The maximum absolute atomic E-state index is 12.3. The second-order valence-corrected chi connectivity index (χ2v) is 6.60. The van der Waals surface area contributed by atoms with E-state index in [4.69, 9.17) is 5.73 Å². The van der Waals surface area contributed by atoms with Gasteiger partial charge in [-0.2, -0.15) is 4.98 Å². The van der Waals surface area contributed by atoms with E-state index in [0.717, 1.165) is 0 Å². The molecule has 8 heteroatoms. The molecular formula is C16H15N5O2S. The molecule has 7 nitrogen and oxygen atoms in total. The second kappa shape index (κ2) is 6.55. The van der Waals surface area contributed by atoms with Crippen molar-refractivity contribution in [2.45, 2.75) is 4.90 Å². The van der Waals surface area contributed by atoms with Crippen LogP contribution in [-0.2, 0) is 10.0 Å². The van der Waals surface area contributed by atoms with E-state index in [9.17, 15) is 8.42 Å². The van der Waals surface area contributed by atoms with Crippen LogP contribution in [0.2, 0.25) is 0 Å². The Morgan fingerprint density at radius 1 is 0.875 bits per heavy atom. The highest BCUT2D eigenvalue weighted by Gasteiger charge is 2.13. The third-order valence-corrected chi connectivity index (χ3v) is 4.53. The van der Waals surface area contributed by atoms with Crippen molar-refractivity contribution >= 4 is 33.2 Å². The maximum atomic E-state index is 12.3. The molecule has 0 atom stereocenters. The van der Waals surface area contributed by atoms with E-state index in [0.29, 0.717) is 17.2 Å². The molecule has 0 fully saturated rings. The molecule has 0 saturated heterocycles. The summed E-state index contributed by atoms with van der Waals surface area (Å²) in [6, 6.07) is 16.7. The number of para-hydroxylation sites is 1. The zero-order valence-corrected chi connectivity index (χ0v) is 13.4. The van der Waals surface area contributed by atoms with Gasteiger partial charge in [-0.15, -0.1) is 0 Å². The van der Waals surface area contributed by atoms with Crippen molar-refractivity contribution in [2.75, 3.05) is 15.8 Å². The lowest BCUT2D eigenvalue weighted by atomic mass is 10.3. The predicted octanol–water partition coefficient (Wildman–Crippen LogP) is 2.60. The van der Waals surface area contributed by atoms with E-state index in [2.05, 4.69) is 20.0 Å². The van der Waals surface area contributed by atoms with Gasteiger partial charge in [0.1, 0.15) is 5.82 Å². The molecule has 4 N–H and O–H groups in total. The standard InChI is InChI=1S/C16H15N5O2S/c17-16-18-11-10-15(20-16)19-12-6-8-14(9-7-12)24(22,23)21-13-4-2-1-3-5-13/h1-11,21H,(H3,17,18,19,20). The summed E-state index contributed by atoms with van der Waals surface area (Å²) in [5.41, 5.74) is 6.71. The number of nitrogens with two attached hydrogens (primary N) is 1. The third kappa shape index (κ3) is 3.79. The molecule has 1 heterocycles. The normalized spacial score (nSPS) is 11.0. The average Bonchev–Trinajstić information content (AvgIpc) is 2.56. The average molecular weight is 341 g/mol. The van der Waals surface area contributed by atoms with Crippen molar-refractivity contribution in [2.24, 2.45) is 0 Å². The van der Waals surface area contributed by atoms with E-state index in [-0.39, 0.29) is 10.8 Å². The number of nitrogen functional groups attached to an aromatic ring is 1. The van der Waals surface area contributed by atoms with Crippen molar-refractivity contribution < 1.29 is 8.42 Å². The quantitative estimate of drug-likeness (QED) is 0.658. The van der Waals surface area contributed by atoms with Gasteiger partial charge in [0.05, 0.1) is 4.90 Å². The number of hydrogen-bond acceptors (Lipinski definition) is 6. The highest BCUT2D eigenvalue weighted by molar-refractivity contribution is 7.92. The molecule has 122 valence electrons. The Balaban J connectivity index is 1.76. The van der Waals surface area contributed by atoms with Gasteiger partial charge < -0.3 is 11.1 Å². The number of anilines is 4. The van der Waals surface area contributed by atoms with Crippen LogP contribution in [0.1, 0.15) is 0 Å². The van der Waals surface area contributed by atoms with E-state index < -0.39 is 10.0 Å². The van der Waals surface area contributed by atoms with Gasteiger partial charge in [0.2, 0.25) is 5.95 Å². The third-order valence-electron chi connectivity index (χ3n) is 3.14. The molecule has 0 unspecified atom stereocenters. The number of nitrogens with one attached hydrogen (secondary N) is 2. The summed E-state index contributed by atoms with van der Waals surface area (Å²) in [6.07, 6.45) is 1.53. The first kappa shape index (κ1) is 15.8. The Bertz CT molecular complexity index is 928. The largest absolute Gasteiger partial charge is 0.368 e. The molecule has 0 saturated carbocycles. The Morgan fingerprint density at radius 2 is 1.58 bits per heavy atom. The molecular weight excluding hydrogens is 326 g/mol. The summed E-state index contributed by atoms with van der Waals surface area (Å²) in [5.74, 6) is 0.687. The molecule has 3 aromatic rings. The topological polar surface area (TPSA) is 110 Å². The first-order chi connectivity index (χ1) is 11.5. The van der Waals surface area contributed by atoms with Crippen LogP contribution in [0.4, 0.5) is 23.1 Å². The fraction of sp³-hybridized carbons (Fsp3) is 0. The molecule has 0 radical (unpaired) electrons. The van der Waals surface area contributed by atoms with Crippen molar-refractivity contribution in [3.05, 3.63) is 66.9 Å². The molecule has 3 rings (SSSR count). The fourth-order valence-electron chi connectivity index (χ4n) is 2.03. The van der Waals surface area contributed by atoms with Crippen LogP contribution in [-0.4, -0.2) is 18.4 Å². The maximum Gasteiger partial charge on any atom is 0.261 e. The number of nitrogens with zero attached hydrogens (tertiary/aromatic N) is 2. The zero-order valence-electron chi connectivity index (χ0n) is 12.5. The van der Waals surface area contributed by atoms with Gasteiger partial charge in [-0.1, -0.05) is 18.2 Å². The van der Waals surface area contributed by atoms with Crippen LogP contribution in [0, 0.1) is 0 Å². The van der Waals surface area contributed by atoms with Gasteiger partial charge in [0.25, 0.3) is 10.0 Å². The molecule has 2 aromatic carbocycles. The van der Waals surface area contributed by atoms with Gasteiger partial charge >= 0.3 is 0 Å². The zero-order chi connectivity index (χ0) is 17.0. The van der Waals surface area contributed by atoms with Gasteiger partial charge in [-0.3, -0.25) is 4.72 Å². The van der Waals surface area contributed by atoms with Crippen LogP contribution in [0.5, 0.6) is 0 Å². The summed E-state index contributed by atoms with van der Waals surface area (Å²) in [4.78, 5) is 7.99. The summed E-state index contributed by atoms with van der Waals surface area (Å²) >= 11 is 0. The highest BCUT2D eigenvalue weighted by Crippen LogP contribution is 2.20. The molecule has 0 amide bonds. The summed E-state index contributed by atoms with van der Waals surface area (Å²) < 4.78 is 27.2. The minimum absolute atomic E-state index is 0.159. The highest BCUT2D eigenvalue weighted by atomic mass is 32.2. The van der Waals surface area contributed by atoms with Crippen LogP contribution in [0.3, 0.4) is 0 Å². The molecule has 0 aliphatic rings. The van der Waals surface area contributed by atoms with E-state index >= 15 is 0 Å². The number of rotatable bonds is 5. The Hall–Kier alpha value is -3.13. The SMILES string of the molecule is Nc1nccc(Nc2ccc(S(=O)(=O)Nc3ccccc3)cc2)n1. The van der Waals surface area contributed by atoms with Crippen LogP contribution in [0.25, 0.3) is 0 Å². The summed E-state index contributed by atoms with van der Waals surface area (Å²) in [6.45, 7) is 0. The van der Waals surface area contributed by atoms with Gasteiger partial charge in [0.15, 0.2) is 0 Å². The molecule has 24 heavy (non-hydrogen) atoms. The lowest BCUT2D eigenvalue weighted by Gasteiger charge is -2.09. The second-order valence-electron chi connectivity index (χ2n) is 4.92. The minimum atomic E-state index is -3.63. The van der Waals surface area contributed by atoms with Crippen LogP contribution < -0.4 is 15.8 Å². The lowest BCUT2D eigenvalue weighted by Crippen LogP contribution is -2.12. The van der Waals surface area contributed by atoms with E-state index in [1.807, 2.05) is 6.07 Å². The Labute approximate surface area is 139 Å². The van der Waals surface area contributed by atoms with Crippen molar-refractivity contribution in [3.8, 4) is 0 Å². The lowest BCUT2D eigenvalue weighted by molar-refractivity contribution is 0.601. The van der Waals surface area contributed by atoms with Crippen molar-refractivity contribution in [3.63, 3.8) is 0 Å². The van der Waals surface area contributed by atoms with E-state index in [1.54, 1.807) is 42.5 Å². The van der Waals surface area contributed by atoms with E-state index in [1.165, 1.54) is 18.3 Å². The van der Waals surface area contributed by atoms with Gasteiger partial charge in [-0.25, -0.2) is 13.4 Å². The fourth-order valence-corrected chi connectivity index (χ4v) is 3.09. The number of sulfonamides is 1. The first-order valence-corrected chi connectivity index (χ1v) is 8.55. The van der Waals surface area contributed by atoms with Crippen molar-refractivity contribution in [1.82, 2.24) is 9.97 Å². The summed E-state index contributed by atoms with van der Waals surface area (Å²) in [7, 11) is -3.63. The molecule has 0 aliphatic carbocycles. The minimum Gasteiger partial charge on any atom is -0.368 e. The molecule has 1 aromatic heterocycles. The number of benzene rings is 2. The van der Waals surface area contributed by atoms with Gasteiger partial charge in [0, 0.05) is 17.6 Å². The van der Waals surface area contributed by atoms with Crippen LogP contribution >= 0.6 is 0 Å². The number of hydrogen-bond donors (Lipinski definition) is 3. The Kier molecular flexibility index (Phi) is 4.30. The van der Waals surface area contributed by atoms with Gasteiger partial charge in [-0.05, 0) is 42.5 Å². The Morgan fingerprint density at radius 3 is 2.25 bits per heavy atom. The number of aromatic nitrogens is 2. The monoisotopic (exact) mass is 341 g/mol. The summed E-state index contributed by atoms with van der Waals surface area (Å²) in [5, 5.41) is 3.03. The van der Waals surface area contributed by atoms with Crippen LogP contribution in [0.15, 0.2) is 71.8 Å². The molecule has 0 spiro atoms.